The highest BCUT2D eigenvalue weighted by atomic mass is 16.1. The first-order valence-electron chi connectivity index (χ1n) is 9.74. The average molecular weight is 375 g/mol. The molecule has 1 amide bonds. The lowest BCUT2D eigenvalue weighted by Gasteiger charge is -2.28. The van der Waals surface area contributed by atoms with Gasteiger partial charge in [-0.25, -0.2) is 4.68 Å². The van der Waals surface area contributed by atoms with E-state index in [0.717, 1.165) is 29.9 Å². The number of amides is 1. The Labute approximate surface area is 165 Å². The second-order valence-electron chi connectivity index (χ2n) is 7.26. The summed E-state index contributed by atoms with van der Waals surface area (Å²) in [5, 5.41) is 7.41. The van der Waals surface area contributed by atoms with E-state index in [1.807, 2.05) is 60.5 Å². The number of aromatic nitrogens is 3. The summed E-state index contributed by atoms with van der Waals surface area (Å²) in [5.74, 6) is -0.0590. The monoisotopic (exact) mass is 375 g/mol. The first-order valence-corrected chi connectivity index (χ1v) is 9.74. The van der Waals surface area contributed by atoms with E-state index in [9.17, 15) is 4.79 Å². The summed E-state index contributed by atoms with van der Waals surface area (Å²) >= 11 is 0. The number of hydrogen-bond acceptors (Lipinski definition) is 4. The number of aryl methyl sites for hydroxylation is 1. The van der Waals surface area contributed by atoms with Crippen molar-refractivity contribution in [2.75, 3.05) is 19.6 Å². The Hall–Kier alpha value is -2.99. The molecule has 1 aliphatic rings. The van der Waals surface area contributed by atoms with Crippen LogP contribution >= 0.6 is 0 Å². The second kappa shape index (κ2) is 8.35. The zero-order valence-electron chi connectivity index (χ0n) is 16.1. The molecular formula is C22H25N5O. The van der Waals surface area contributed by atoms with Crippen LogP contribution in [-0.2, 0) is 0 Å². The van der Waals surface area contributed by atoms with E-state index in [1.54, 1.807) is 6.20 Å². The predicted molar refractivity (Wildman–Crippen MR) is 108 cm³/mol. The van der Waals surface area contributed by atoms with Crippen LogP contribution in [0.4, 0.5) is 0 Å². The van der Waals surface area contributed by atoms with Gasteiger partial charge in [-0.1, -0.05) is 6.07 Å². The number of carbonyl (C=O) groups excluding carboxylic acids is 1. The molecule has 1 fully saturated rings. The van der Waals surface area contributed by atoms with Gasteiger partial charge in [-0.15, -0.1) is 0 Å². The van der Waals surface area contributed by atoms with Crippen molar-refractivity contribution in [3.8, 4) is 5.69 Å². The fraction of sp³-hybridized carbons (Fsp3) is 0.318. The fourth-order valence-corrected chi connectivity index (χ4v) is 3.70. The molecule has 0 bridgehead atoms. The standard InChI is InChI=1S/C22H25N5O/c1-17-13-25-27(16-17)20-8-6-18(7-9-20)22(28)24-15-21(26-11-2-3-12-26)19-5-4-10-23-14-19/h4-10,13-14,16,21H,2-3,11-12,15H2,1H3,(H,24,28)/t21-/m1/s1. The molecule has 4 rings (SSSR count). The van der Waals surface area contributed by atoms with Crippen molar-refractivity contribution in [3.05, 3.63) is 77.9 Å². The van der Waals surface area contributed by atoms with E-state index < -0.39 is 0 Å². The van der Waals surface area contributed by atoms with Gasteiger partial charge >= 0.3 is 0 Å². The van der Waals surface area contributed by atoms with Crippen LogP contribution in [0.25, 0.3) is 5.69 Å². The van der Waals surface area contributed by atoms with Crippen molar-refractivity contribution in [1.82, 2.24) is 25.0 Å². The van der Waals surface area contributed by atoms with Crippen molar-refractivity contribution < 1.29 is 4.79 Å². The molecule has 0 aliphatic carbocycles. The van der Waals surface area contributed by atoms with Crippen molar-refractivity contribution in [3.63, 3.8) is 0 Å². The highest BCUT2D eigenvalue weighted by Gasteiger charge is 2.24. The lowest BCUT2D eigenvalue weighted by molar-refractivity contribution is 0.0938. The molecule has 1 saturated heterocycles. The number of pyridine rings is 1. The van der Waals surface area contributed by atoms with Gasteiger partial charge in [0.2, 0.25) is 0 Å². The molecule has 1 atom stereocenters. The number of nitrogens with zero attached hydrogens (tertiary/aromatic N) is 4. The summed E-state index contributed by atoms with van der Waals surface area (Å²) < 4.78 is 1.81. The van der Waals surface area contributed by atoms with Gasteiger partial charge in [0.1, 0.15) is 0 Å². The quantitative estimate of drug-likeness (QED) is 0.719. The molecule has 144 valence electrons. The van der Waals surface area contributed by atoms with Gasteiger partial charge in [0.05, 0.1) is 17.9 Å². The SMILES string of the molecule is Cc1cnn(-c2ccc(C(=O)NC[C@H](c3cccnc3)N3CCCC3)cc2)c1. The Morgan fingerprint density at radius 2 is 1.93 bits per heavy atom. The lowest BCUT2D eigenvalue weighted by Crippen LogP contribution is -2.36. The fourth-order valence-electron chi connectivity index (χ4n) is 3.70. The third kappa shape index (κ3) is 4.12. The van der Waals surface area contributed by atoms with Gasteiger partial charge in [0.25, 0.3) is 5.91 Å². The lowest BCUT2D eigenvalue weighted by atomic mass is 10.1. The van der Waals surface area contributed by atoms with E-state index in [1.165, 1.54) is 12.8 Å². The minimum absolute atomic E-state index is 0.0590. The highest BCUT2D eigenvalue weighted by molar-refractivity contribution is 5.94. The molecule has 1 N–H and O–H groups in total. The van der Waals surface area contributed by atoms with E-state index >= 15 is 0 Å². The zero-order chi connectivity index (χ0) is 19.3. The van der Waals surface area contributed by atoms with Gasteiger partial charge in [-0.05, 0) is 74.3 Å². The van der Waals surface area contributed by atoms with Crippen LogP contribution in [0.2, 0.25) is 0 Å². The molecule has 2 aromatic heterocycles. The van der Waals surface area contributed by atoms with E-state index in [2.05, 4.69) is 26.4 Å². The van der Waals surface area contributed by atoms with Crippen LogP contribution < -0.4 is 5.32 Å². The molecule has 1 aromatic carbocycles. The Kier molecular flexibility index (Phi) is 5.48. The average Bonchev–Trinajstić information content (AvgIpc) is 3.41. The van der Waals surface area contributed by atoms with Gasteiger partial charge in [-0.3, -0.25) is 14.7 Å². The predicted octanol–water partition coefficient (Wildman–Crippen LogP) is 3.14. The van der Waals surface area contributed by atoms with Crippen LogP contribution in [0, 0.1) is 6.92 Å². The molecule has 0 radical (unpaired) electrons. The Balaban J connectivity index is 1.43. The van der Waals surface area contributed by atoms with E-state index in [-0.39, 0.29) is 11.9 Å². The molecule has 0 saturated carbocycles. The van der Waals surface area contributed by atoms with Crippen molar-refractivity contribution in [1.29, 1.82) is 0 Å². The maximum absolute atomic E-state index is 12.7. The second-order valence-corrected chi connectivity index (χ2v) is 7.26. The third-order valence-electron chi connectivity index (χ3n) is 5.21. The molecular weight excluding hydrogens is 350 g/mol. The molecule has 28 heavy (non-hydrogen) atoms. The van der Waals surface area contributed by atoms with Crippen LogP contribution in [0.3, 0.4) is 0 Å². The summed E-state index contributed by atoms with van der Waals surface area (Å²) in [4.78, 5) is 19.4. The maximum atomic E-state index is 12.7. The Bertz CT molecular complexity index is 914. The van der Waals surface area contributed by atoms with Crippen LogP contribution in [0.1, 0.15) is 40.4 Å². The maximum Gasteiger partial charge on any atom is 0.251 e. The topological polar surface area (TPSA) is 63.1 Å². The highest BCUT2D eigenvalue weighted by Crippen LogP contribution is 2.24. The minimum atomic E-state index is -0.0590. The number of carbonyl (C=O) groups is 1. The van der Waals surface area contributed by atoms with E-state index in [4.69, 9.17) is 0 Å². The summed E-state index contributed by atoms with van der Waals surface area (Å²) in [6.45, 7) is 4.70. The van der Waals surface area contributed by atoms with Gasteiger partial charge in [0.15, 0.2) is 0 Å². The third-order valence-corrected chi connectivity index (χ3v) is 5.21. The summed E-state index contributed by atoms with van der Waals surface area (Å²) in [6.07, 6.45) is 9.88. The molecule has 1 aliphatic heterocycles. The molecule has 0 unspecified atom stereocenters. The van der Waals surface area contributed by atoms with Crippen molar-refractivity contribution in [2.24, 2.45) is 0 Å². The van der Waals surface area contributed by atoms with Crippen molar-refractivity contribution >= 4 is 5.91 Å². The molecule has 3 aromatic rings. The van der Waals surface area contributed by atoms with Gasteiger partial charge in [0, 0.05) is 30.7 Å². The summed E-state index contributed by atoms with van der Waals surface area (Å²) in [7, 11) is 0. The van der Waals surface area contributed by atoms with Crippen LogP contribution in [0.15, 0.2) is 61.2 Å². The largest absolute Gasteiger partial charge is 0.350 e. The number of benzene rings is 1. The number of likely N-dealkylation sites (tertiary alicyclic amines) is 1. The summed E-state index contributed by atoms with van der Waals surface area (Å²) in [5.41, 5.74) is 3.84. The number of rotatable bonds is 6. The van der Waals surface area contributed by atoms with Gasteiger partial charge in [-0.2, -0.15) is 5.10 Å². The Morgan fingerprint density at radius 3 is 2.57 bits per heavy atom. The first-order chi connectivity index (χ1) is 13.7. The van der Waals surface area contributed by atoms with Crippen molar-refractivity contribution in [2.45, 2.75) is 25.8 Å². The Morgan fingerprint density at radius 1 is 1.14 bits per heavy atom. The molecule has 3 heterocycles. The zero-order valence-corrected chi connectivity index (χ0v) is 16.1. The number of hydrogen-bond donors (Lipinski definition) is 1. The van der Waals surface area contributed by atoms with Crippen LogP contribution in [0.5, 0.6) is 0 Å². The summed E-state index contributed by atoms with van der Waals surface area (Å²) in [6, 6.07) is 11.7. The number of nitrogens with one attached hydrogen (secondary N) is 1. The van der Waals surface area contributed by atoms with Gasteiger partial charge < -0.3 is 5.32 Å². The van der Waals surface area contributed by atoms with Crippen LogP contribution in [-0.4, -0.2) is 45.2 Å². The molecule has 6 nitrogen and oxygen atoms in total. The molecule has 6 heteroatoms. The first kappa shape index (κ1) is 18.4. The molecule has 0 spiro atoms. The normalized spacial score (nSPS) is 15.5. The van der Waals surface area contributed by atoms with E-state index in [0.29, 0.717) is 12.1 Å². The minimum Gasteiger partial charge on any atom is -0.350 e. The smallest absolute Gasteiger partial charge is 0.251 e.